The van der Waals surface area contributed by atoms with Crippen LogP contribution in [0.3, 0.4) is 0 Å². The predicted molar refractivity (Wildman–Crippen MR) is 206 cm³/mol. The first kappa shape index (κ1) is 36.3. The first-order chi connectivity index (χ1) is 25.3. The van der Waals surface area contributed by atoms with Gasteiger partial charge in [-0.2, -0.15) is 5.10 Å². The van der Waals surface area contributed by atoms with Gasteiger partial charge in [-0.05, 0) is 87.2 Å². The molecule has 2 fully saturated rings. The van der Waals surface area contributed by atoms with Crippen molar-refractivity contribution in [2.45, 2.75) is 70.8 Å². The van der Waals surface area contributed by atoms with Gasteiger partial charge in [0.25, 0.3) is 0 Å². The number of nitrogens with zero attached hydrogens (tertiary/aromatic N) is 4. The van der Waals surface area contributed by atoms with Crippen molar-refractivity contribution in [2.24, 2.45) is 16.3 Å². The quantitative estimate of drug-likeness (QED) is 0.251. The third-order valence-corrected chi connectivity index (χ3v) is 11.9. The number of amides is 2. The van der Waals surface area contributed by atoms with Crippen molar-refractivity contribution in [1.82, 2.24) is 25.3 Å². The van der Waals surface area contributed by atoms with E-state index in [1.807, 2.05) is 17.0 Å². The summed E-state index contributed by atoms with van der Waals surface area (Å²) in [7, 11) is 1.67. The number of aromatic nitrogens is 2. The molecule has 2 amide bonds. The molecule has 11 heteroatoms. The minimum Gasteiger partial charge on any atom is -0.385 e. The summed E-state index contributed by atoms with van der Waals surface area (Å²) in [5, 5.41) is 15.7. The molecule has 0 bridgehead atoms. The SMILES string of the molecule is COCC[C@@]1(C(=O)Nc2ccc3n[nH]c(C4CCCCOCC4)c3c2)CCN(CC(=O)N2CC=C(c3ccc(C4=NCC(C)C(C)N4)cc3)CC2)C1. The summed E-state index contributed by atoms with van der Waals surface area (Å²) in [4.78, 5) is 36.5. The normalized spacial score (nSPS) is 25.9. The molecule has 0 aliphatic carbocycles. The highest BCUT2D eigenvalue weighted by molar-refractivity contribution is 6.00. The molecule has 4 atom stereocenters. The molecular weight excluding hydrogens is 654 g/mol. The van der Waals surface area contributed by atoms with Crippen LogP contribution in [-0.2, 0) is 19.1 Å². The number of carbonyl (C=O) groups excluding carboxylic acids is 2. The van der Waals surface area contributed by atoms with E-state index in [0.29, 0.717) is 70.0 Å². The van der Waals surface area contributed by atoms with Crippen LogP contribution in [0.5, 0.6) is 0 Å². The molecule has 2 saturated heterocycles. The Kier molecular flexibility index (Phi) is 11.4. The molecule has 3 unspecified atom stereocenters. The van der Waals surface area contributed by atoms with Gasteiger partial charge in [0.2, 0.25) is 11.8 Å². The number of likely N-dealkylation sites (tertiary alicyclic amines) is 1. The Balaban J connectivity index is 0.959. The second-order valence-electron chi connectivity index (χ2n) is 15.4. The summed E-state index contributed by atoms with van der Waals surface area (Å²) in [5.41, 5.74) is 5.73. The summed E-state index contributed by atoms with van der Waals surface area (Å²) in [6.07, 6.45) is 8.53. The van der Waals surface area contributed by atoms with Crippen molar-refractivity contribution in [3.63, 3.8) is 0 Å². The molecule has 2 aromatic carbocycles. The number of ether oxygens (including phenoxy) is 2. The molecule has 0 spiro atoms. The number of anilines is 1. The highest BCUT2D eigenvalue weighted by Gasteiger charge is 2.45. The van der Waals surface area contributed by atoms with Crippen LogP contribution < -0.4 is 10.6 Å². The lowest BCUT2D eigenvalue weighted by atomic mass is 9.82. The minimum atomic E-state index is -0.641. The molecule has 3 N–H and O–H groups in total. The third-order valence-electron chi connectivity index (χ3n) is 11.9. The first-order valence-corrected chi connectivity index (χ1v) is 19.3. The Morgan fingerprint density at radius 3 is 2.69 bits per heavy atom. The lowest BCUT2D eigenvalue weighted by Crippen LogP contribution is -2.44. The topological polar surface area (TPSA) is 124 Å². The molecule has 278 valence electrons. The monoisotopic (exact) mass is 709 g/mol. The number of fused-ring (bicyclic) bond motifs is 1. The lowest BCUT2D eigenvalue weighted by Gasteiger charge is -2.30. The smallest absolute Gasteiger partial charge is 0.237 e. The van der Waals surface area contributed by atoms with Crippen molar-refractivity contribution in [1.29, 1.82) is 0 Å². The van der Waals surface area contributed by atoms with Gasteiger partial charge in [0.05, 0.1) is 17.5 Å². The third kappa shape index (κ3) is 8.11. The zero-order valence-electron chi connectivity index (χ0n) is 31.1. The Labute approximate surface area is 307 Å². The van der Waals surface area contributed by atoms with Crippen molar-refractivity contribution in [2.75, 3.05) is 71.5 Å². The Morgan fingerprint density at radius 2 is 1.90 bits per heavy atom. The maximum atomic E-state index is 14.1. The number of methoxy groups -OCH3 is 1. The molecule has 52 heavy (non-hydrogen) atoms. The summed E-state index contributed by atoms with van der Waals surface area (Å²) in [6.45, 7) is 10.1. The van der Waals surface area contributed by atoms with Crippen LogP contribution in [0.4, 0.5) is 5.69 Å². The fourth-order valence-electron chi connectivity index (χ4n) is 8.19. The standard InChI is InChI=1S/C41H55N7O4/c1-28-25-42-39(43-29(28)2)33-9-7-30(8-10-33)31-13-18-48(19-14-31)37(49)26-47-20-16-41(27-47,17-23-51-3)40(50)44-34-11-12-36-35(24-34)38(46-45-36)32-6-4-5-21-52-22-15-32/h7-13,24,28-29,32H,4-6,14-23,25-27H2,1-3H3,(H,42,43)(H,44,50)(H,45,46)/t28?,29?,32?,41-/m0/s1. The van der Waals surface area contributed by atoms with Crippen molar-refractivity contribution < 1.29 is 19.1 Å². The van der Waals surface area contributed by atoms with Gasteiger partial charge in [-0.25, -0.2) is 0 Å². The number of aliphatic imine (C=N–C) groups is 1. The van der Waals surface area contributed by atoms with Crippen molar-refractivity contribution >= 4 is 39.8 Å². The van der Waals surface area contributed by atoms with Crippen LogP contribution in [0.15, 0.2) is 53.5 Å². The summed E-state index contributed by atoms with van der Waals surface area (Å²) in [6, 6.07) is 15.0. The molecular formula is C41H55N7O4. The predicted octanol–water partition coefficient (Wildman–Crippen LogP) is 5.59. The first-order valence-electron chi connectivity index (χ1n) is 19.3. The summed E-state index contributed by atoms with van der Waals surface area (Å²) >= 11 is 0. The molecule has 4 aliphatic rings. The number of carbonyl (C=O) groups is 2. The highest BCUT2D eigenvalue weighted by Crippen LogP contribution is 2.37. The van der Waals surface area contributed by atoms with Gasteiger partial charge in [-0.3, -0.25) is 24.6 Å². The summed E-state index contributed by atoms with van der Waals surface area (Å²) in [5.74, 6) is 1.94. The average molecular weight is 710 g/mol. The second kappa shape index (κ2) is 16.3. The second-order valence-corrected chi connectivity index (χ2v) is 15.4. The maximum Gasteiger partial charge on any atom is 0.237 e. The minimum absolute atomic E-state index is 0.0183. The number of H-pyrrole nitrogens is 1. The molecule has 0 saturated carbocycles. The maximum absolute atomic E-state index is 14.1. The zero-order valence-corrected chi connectivity index (χ0v) is 31.1. The van der Waals surface area contributed by atoms with Crippen LogP contribution >= 0.6 is 0 Å². The molecule has 0 radical (unpaired) electrons. The fourth-order valence-corrected chi connectivity index (χ4v) is 8.19. The van der Waals surface area contributed by atoms with Crippen LogP contribution in [0.1, 0.15) is 81.5 Å². The Bertz CT molecular complexity index is 1780. The Morgan fingerprint density at radius 1 is 1.06 bits per heavy atom. The van der Waals surface area contributed by atoms with E-state index in [9.17, 15) is 9.59 Å². The van der Waals surface area contributed by atoms with E-state index in [2.05, 4.69) is 76.0 Å². The van der Waals surface area contributed by atoms with Crippen molar-refractivity contribution in [3.8, 4) is 0 Å². The van der Waals surface area contributed by atoms with Crippen LogP contribution in [0.2, 0.25) is 0 Å². The average Bonchev–Trinajstić information content (AvgIpc) is 3.76. The number of amidine groups is 1. The largest absolute Gasteiger partial charge is 0.385 e. The molecule has 11 nitrogen and oxygen atoms in total. The number of nitrogens with one attached hydrogen (secondary N) is 3. The van der Waals surface area contributed by atoms with Gasteiger partial charge in [0.15, 0.2) is 0 Å². The van der Waals surface area contributed by atoms with E-state index in [-0.39, 0.29) is 11.8 Å². The van der Waals surface area contributed by atoms with Crippen LogP contribution in [0.25, 0.3) is 16.5 Å². The van der Waals surface area contributed by atoms with E-state index in [0.717, 1.165) is 85.5 Å². The molecule has 3 aromatic rings. The Hall–Kier alpha value is -4.06. The summed E-state index contributed by atoms with van der Waals surface area (Å²) < 4.78 is 11.2. The zero-order chi connectivity index (χ0) is 36.1. The number of hydrogen-bond donors (Lipinski definition) is 3. The van der Waals surface area contributed by atoms with Gasteiger partial charge in [0.1, 0.15) is 5.84 Å². The number of benzene rings is 2. The van der Waals surface area contributed by atoms with Gasteiger partial charge in [-0.1, -0.05) is 43.7 Å². The molecule has 4 aliphatic heterocycles. The number of aromatic amines is 1. The van der Waals surface area contributed by atoms with Gasteiger partial charge < -0.3 is 25.0 Å². The van der Waals surface area contributed by atoms with E-state index >= 15 is 0 Å². The van der Waals surface area contributed by atoms with E-state index in [4.69, 9.17) is 14.5 Å². The lowest BCUT2D eigenvalue weighted by molar-refractivity contribution is -0.132. The molecule has 1 aromatic heterocycles. The van der Waals surface area contributed by atoms with E-state index in [1.165, 1.54) is 11.1 Å². The van der Waals surface area contributed by atoms with Gasteiger partial charge in [-0.15, -0.1) is 0 Å². The van der Waals surface area contributed by atoms with Crippen molar-refractivity contribution in [3.05, 3.63) is 65.4 Å². The number of hydrogen-bond acceptors (Lipinski definition) is 8. The van der Waals surface area contributed by atoms with Gasteiger partial charge >= 0.3 is 0 Å². The molecule has 7 rings (SSSR count). The van der Waals surface area contributed by atoms with Gasteiger partial charge in [0, 0.05) is 87.4 Å². The van der Waals surface area contributed by atoms with Crippen LogP contribution in [-0.4, -0.2) is 110 Å². The highest BCUT2D eigenvalue weighted by atomic mass is 16.5. The van der Waals surface area contributed by atoms with Crippen LogP contribution in [0, 0.1) is 11.3 Å². The molecule has 5 heterocycles. The van der Waals surface area contributed by atoms with E-state index < -0.39 is 5.41 Å². The fraction of sp³-hybridized carbons (Fsp3) is 0.561. The number of rotatable bonds is 10. The van der Waals surface area contributed by atoms with E-state index in [1.54, 1.807) is 7.11 Å².